The van der Waals surface area contributed by atoms with Crippen LogP contribution in [0.25, 0.3) is 0 Å². The molecule has 0 fully saturated rings. The Morgan fingerprint density at radius 1 is 1.19 bits per heavy atom. The van der Waals surface area contributed by atoms with Gasteiger partial charge in [0.25, 0.3) is 5.91 Å². The fourth-order valence-electron chi connectivity index (χ4n) is 2.14. The van der Waals surface area contributed by atoms with Crippen LogP contribution in [0.1, 0.15) is 27.0 Å². The second kappa shape index (κ2) is 6.09. The second-order valence-electron chi connectivity index (χ2n) is 4.81. The summed E-state index contributed by atoms with van der Waals surface area (Å²) in [5.41, 5.74) is 9.08. The molecule has 5 heteroatoms. The Balaban J connectivity index is 2.36. The summed E-state index contributed by atoms with van der Waals surface area (Å²) in [4.78, 5) is 12.3. The van der Waals surface area contributed by atoms with Crippen LogP contribution in [0.5, 0.6) is 0 Å². The quantitative estimate of drug-likeness (QED) is 0.350. The largest absolute Gasteiger partial charge is 0.409 e. The Kier molecular flexibility index (Phi) is 4.23. The zero-order chi connectivity index (χ0) is 15.4. The summed E-state index contributed by atoms with van der Waals surface area (Å²) in [6.07, 6.45) is 0. The average molecular weight is 283 g/mol. The molecule has 0 bridgehead atoms. The van der Waals surface area contributed by atoms with E-state index in [-0.39, 0.29) is 11.7 Å². The number of anilines is 1. The third kappa shape index (κ3) is 3.20. The fourth-order valence-corrected chi connectivity index (χ4v) is 2.14. The molecular formula is C16H17N3O2. The summed E-state index contributed by atoms with van der Waals surface area (Å²) < 4.78 is 0. The van der Waals surface area contributed by atoms with Crippen LogP contribution in [0.2, 0.25) is 0 Å². The number of amidine groups is 1. The van der Waals surface area contributed by atoms with Crippen LogP contribution in [0, 0.1) is 13.8 Å². The first-order chi connectivity index (χ1) is 10.0. The predicted octanol–water partition coefficient (Wildman–Crippen LogP) is 2.65. The Morgan fingerprint density at radius 3 is 2.57 bits per heavy atom. The van der Waals surface area contributed by atoms with Crippen LogP contribution >= 0.6 is 0 Å². The first kappa shape index (κ1) is 14.6. The molecule has 0 heterocycles. The molecule has 1 amide bonds. The molecule has 0 aromatic heterocycles. The molecule has 2 aromatic rings. The van der Waals surface area contributed by atoms with Gasteiger partial charge in [0.15, 0.2) is 5.84 Å². The smallest absolute Gasteiger partial charge is 0.255 e. The van der Waals surface area contributed by atoms with Gasteiger partial charge in [-0.3, -0.25) is 4.79 Å². The fraction of sp³-hybridized carbons (Fsp3) is 0.125. The van der Waals surface area contributed by atoms with Crippen molar-refractivity contribution < 1.29 is 10.0 Å². The molecule has 5 nitrogen and oxygen atoms in total. The minimum Gasteiger partial charge on any atom is -0.409 e. The maximum atomic E-state index is 12.3. The summed E-state index contributed by atoms with van der Waals surface area (Å²) in [6, 6.07) is 12.6. The number of aryl methyl sites for hydroxylation is 2. The maximum absolute atomic E-state index is 12.3. The molecule has 108 valence electrons. The van der Waals surface area contributed by atoms with Gasteiger partial charge >= 0.3 is 0 Å². The number of rotatable bonds is 3. The van der Waals surface area contributed by atoms with E-state index in [1.807, 2.05) is 32.0 Å². The van der Waals surface area contributed by atoms with Crippen molar-refractivity contribution in [1.29, 1.82) is 0 Å². The van der Waals surface area contributed by atoms with E-state index >= 15 is 0 Å². The molecule has 0 saturated carbocycles. The lowest BCUT2D eigenvalue weighted by Gasteiger charge is -2.12. The third-order valence-corrected chi connectivity index (χ3v) is 3.17. The molecule has 0 unspecified atom stereocenters. The van der Waals surface area contributed by atoms with Crippen LogP contribution < -0.4 is 11.1 Å². The van der Waals surface area contributed by atoms with E-state index < -0.39 is 0 Å². The highest BCUT2D eigenvalue weighted by Gasteiger charge is 2.13. The molecule has 21 heavy (non-hydrogen) atoms. The van der Waals surface area contributed by atoms with Crippen molar-refractivity contribution in [2.45, 2.75) is 13.8 Å². The Bertz CT molecular complexity index is 708. The number of nitrogens with one attached hydrogen (secondary N) is 1. The molecule has 0 aliphatic rings. The van der Waals surface area contributed by atoms with Crippen molar-refractivity contribution in [2.24, 2.45) is 10.9 Å². The highest BCUT2D eigenvalue weighted by Crippen LogP contribution is 2.20. The second-order valence-corrected chi connectivity index (χ2v) is 4.81. The Morgan fingerprint density at radius 2 is 1.90 bits per heavy atom. The number of benzene rings is 2. The van der Waals surface area contributed by atoms with E-state index in [0.29, 0.717) is 16.8 Å². The molecule has 0 saturated heterocycles. The van der Waals surface area contributed by atoms with Crippen LogP contribution in [-0.4, -0.2) is 17.0 Å². The first-order valence-electron chi connectivity index (χ1n) is 6.48. The van der Waals surface area contributed by atoms with Crippen molar-refractivity contribution in [2.75, 3.05) is 5.32 Å². The lowest BCUT2D eigenvalue weighted by Crippen LogP contribution is -2.20. The molecule has 4 N–H and O–H groups in total. The van der Waals surface area contributed by atoms with Gasteiger partial charge in [0.05, 0.1) is 5.69 Å². The van der Waals surface area contributed by atoms with Crippen LogP contribution in [0.3, 0.4) is 0 Å². The van der Waals surface area contributed by atoms with Crippen LogP contribution in [0.4, 0.5) is 5.69 Å². The van der Waals surface area contributed by atoms with Gasteiger partial charge in [0.1, 0.15) is 0 Å². The topological polar surface area (TPSA) is 87.7 Å². The normalized spacial score (nSPS) is 11.2. The summed E-state index contributed by atoms with van der Waals surface area (Å²) in [6.45, 7) is 3.75. The maximum Gasteiger partial charge on any atom is 0.255 e. The van der Waals surface area contributed by atoms with Gasteiger partial charge < -0.3 is 16.3 Å². The summed E-state index contributed by atoms with van der Waals surface area (Å²) in [7, 11) is 0. The highest BCUT2D eigenvalue weighted by atomic mass is 16.4. The SMILES string of the molecule is Cc1cccc(C(=O)Nc2cccc(C)c2/C(N)=N/O)c1. The van der Waals surface area contributed by atoms with E-state index in [4.69, 9.17) is 10.9 Å². The van der Waals surface area contributed by atoms with Crippen LogP contribution in [0.15, 0.2) is 47.6 Å². The lowest BCUT2D eigenvalue weighted by atomic mass is 10.0. The van der Waals surface area contributed by atoms with Gasteiger partial charge in [-0.15, -0.1) is 0 Å². The van der Waals surface area contributed by atoms with Crippen molar-refractivity contribution in [3.8, 4) is 0 Å². The number of carbonyl (C=O) groups excluding carboxylic acids is 1. The summed E-state index contributed by atoms with van der Waals surface area (Å²) in [5.74, 6) is -0.274. The summed E-state index contributed by atoms with van der Waals surface area (Å²) in [5, 5.41) is 14.7. The summed E-state index contributed by atoms with van der Waals surface area (Å²) >= 11 is 0. The van der Waals surface area contributed by atoms with Crippen molar-refractivity contribution in [1.82, 2.24) is 0 Å². The highest BCUT2D eigenvalue weighted by molar-refractivity contribution is 6.10. The molecule has 2 aromatic carbocycles. The number of amides is 1. The molecule has 0 aliphatic heterocycles. The van der Waals surface area contributed by atoms with E-state index in [1.54, 1.807) is 24.3 Å². The van der Waals surface area contributed by atoms with Crippen LogP contribution in [-0.2, 0) is 0 Å². The monoisotopic (exact) mass is 283 g/mol. The van der Waals surface area contributed by atoms with Gasteiger partial charge in [0, 0.05) is 11.1 Å². The number of carbonyl (C=O) groups is 1. The molecule has 0 spiro atoms. The molecular weight excluding hydrogens is 266 g/mol. The van der Waals surface area contributed by atoms with E-state index in [2.05, 4.69) is 10.5 Å². The minimum atomic E-state index is -0.240. The molecule has 0 aliphatic carbocycles. The van der Waals surface area contributed by atoms with Gasteiger partial charge in [0.2, 0.25) is 0 Å². The van der Waals surface area contributed by atoms with Gasteiger partial charge in [-0.2, -0.15) is 0 Å². The number of hydrogen-bond donors (Lipinski definition) is 3. The third-order valence-electron chi connectivity index (χ3n) is 3.17. The van der Waals surface area contributed by atoms with Gasteiger partial charge in [-0.1, -0.05) is 35.0 Å². The first-order valence-corrected chi connectivity index (χ1v) is 6.48. The van der Waals surface area contributed by atoms with E-state index in [0.717, 1.165) is 11.1 Å². The molecule has 2 rings (SSSR count). The van der Waals surface area contributed by atoms with Gasteiger partial charge in [-0.05, 0) is 37.6 Å². The minimum absolute atomic E-state index is 0.0346. The van der Waals surface area contributed by atoms with E-state index in [9.17, 15) is 4.79 Å². The zero-order valence-electron chi connectivity index (χ0n) is 11.9. The van der Waals surface area contributed by atoms with Gasteiger partial charge in [-0.25, -0.2) is 0 Å². The molecule has 0 atom stereocenters. The van der Waals surface area contributed by atoms with E-state index in [1.165, 1.54) is 0 Å². The Labute approximate surface area is 123 Å². The van der Waals surface area contributed by atoms with Crippen molar-refractivity contribution in [3.63, 3.8) is 0 Å². The standard InChI is InChI=1S/C16H17N3O2/c1-10-5-3-7-12(9-10)16(20)18-13-8-4-6-11(2)14(13)15(17)19-21/h3-9,21H,1-2H3,(H2,17,19)(H,18,20). The number of hydrogen-bond acceptors (Lipinski definition) is 3. The average Bonchev–Trinajstić information content (AvgIpc) is 2.46. The van der Waals surface area contributed by atoms with Crippen molar-refractivity contribution >= 4 is 17.4 Å². The lowest BCUT2D eigenvalue weighted by molar-refractivity contribution is 0.102. The predicted molar refractivity (Wildman–Crippen MR) is 82.8 cm³/mol. The number of nitrogens with two attached hydrogens (primary N) is 1. The number of oxime groups is 1. The van der Waals surface area contributed by atoms with Crippen molar-refractivity contribution in [3.05, 3.63) is 64.7 Å². The number of nitrogens with zero attached hydrogens (tertiary/aromatic N) is 1. The molecule has 0 radical (unpaired) electrons. The Hall–Kier alpha value is -2.82. The zero-order valence-corrected chi connectivity index (χ0v) is 11.9.